The predicted molar refractivity (Wildman–Crippen MR) is 101 cm³/mol. The van der Waals surface area contributed by atoms with Gasteiger partial charge >= 0.3 is 0 Å². The van der Waals surface area contributed by atoms with Gasteiger partial charge in [-0.2, -0.15) is 0 Å². The van der Waals surface area contributed by atoms with Crippen molar-refractivity contribution in [2.45, 2.75) is 32.2 Å². The summed E-state index contributed by atoms with van der Waals surface area (Å²) in [4.78, 5) is 6.79. The second kappa shape index (κ2) is 9.78. The molecule has 138 valence electrons. The second-order valence-electron chi connectivity index (χ2n) is 6.90. The number of hydrogen-bond donors (Lipinski definition) is 1. The molecule has 0 atom stereocenters. The van der Waals surface area contributed by atoms with Gasteiger partial charge in [0.15, 0.2) is 5.96 Å². The van der Waals surface area contributed by atoms with Gasteiger partial charge in [-0.15, -0.1) is 0 Å². The fraction of sp³-hybridized carbons (Fsp3) is 0.650. The average molecular weight is 345 g/mol. The standard InChI is InChI=1S/C20H31N3O2/c1-21-20(23-11-7-18-5-2-3-6-19(18)15-23)22-10-4-12-25-16-17-8-13-24-14-9-17/h2-3,5-6,17H,4,7-16H2,1H3,(H,21,22). The molecule has 0 aliphatic carbocycles. The van der Waals surface area contributed by atoms with E-state index >= 15 is 0 Å². The average Bonchev–Trinajstić information content (AvgIpc) is 2.68. The Morgan fingerprint density at radius 3 is 2.88 bits per heavy atom. The van der Waals surface area contributed by atoms with E-state index < -0.39 is 0 Å². The maximum absolute atomic E-state index is 5.83. The number of nitrogens with zero attached hydrogens (tertiary/aromatic N) is 2. The van der Waals surface area contributed by atoms with Crippen molar-refractivity contribution in [1.29, 1.82) is 0 Å². The van der Waals surface area contributed by atoms with Crippen LogP contribution in [0.1, 0.15) is 30.4 Å². The van der Waals surface area contributed by atoms with Gasteiger partial charge in [-0.3, -0.25) is 4.99 Å². The lowest BCUT2D eigenvalue weighted by Crippen LogP contribution is -2.44. The minimum atomic E-state index is 0.683. The van der Waals surface area contributed by atoms with Crippen molar-refractivity contribution in [2.24, 2.45) is 10.9 Å². The third-order valence-corrected chi connectivity index (χ3v) is 5.08. The van der Waals surface area contributed by atoms with E-state index in [-0.39, 0.29) is 0 Å². The van der Waals surface area contributed by atoms with E-state index in [2.05, 4.69) is 39.5 Å². The van der Waals surface area contributed by atoms with Crippen molar-refractivity contribution < 1.29 is 9.47 Å². The van der Waals surface area contributed by atoms with Crippen molar-refractivity contribution in [3.8, 4) is 0 Å². The van der Waals surface area contributed by atoms with Crippen molar-refractivity contribution >= 4 is 5.96 Å². The maximum atomic E-state index is 5.83. The fourth-order valence-electron chi connectivity index (χ4n) is 3.55. The van der Waals surface area contributed by atoms with Gasteiger partial charge in [0.1, 0.15) is 0 Å². The van der Waals surface area contributed by atoms with Gasteiger partial charge in [0.2, 0.25) is 0 Å². The van der Waals surface area contributed by atoms with Crippen molar-refractivity contribution in [3.63, 3.8) is 0 Å². The van der Waals surface area contributed by atoms with Crippen LogP contribution in [0.3, 0.4) is 0 Å². The molecule has 1 N–H and O–H groups in total. The van der Waals surface area contributed by atoms with E-state index in [4.69, 9.17) is 9.47 Å². The molecule has 0 bridgehead atoms. The highest BCUT2D eigenvalue weighted by Gasteiger charge is 2.18. The SMILES string of the molecule is CN=C(NCCCOCC1CCOCC1)N1CCc2ccccc2C1. The van der Waals surface area contributed by atoms with Crippen LogP contribution in [0.5, 0.6) is 0 Å². The summed E-state index contributed by atoms with van der Waals surface area (Å²) < 4.78 is 11.2. The largest absolute Gasteiger partial charge is 0.381 e. The number of guanidine groups is 1. The molecule has 0 saturated carbocycles. The van der Waals surface area contributed by atoms with Crippen molar-refractivity contribution in [1.82, 2.24) is 10.2 Å². The van der Waals surface area contributed by atoms with Crippen LogP contribution in [0.25, 0.3) is 0 Å². The molecule has 3 rings (SSSR count). The third kappa shape index (κ3) is 5.44. The number of aliphatic imine (C=N–C) groups is 1. The Balaban J connectivity index is 1.33. The van der Waals surface area contributed by atoms with Gasteiger partial charge in [0.05, 0.1) is 0 Å². The minimum Gasteiger partial charge on any atom is -0.381 e. The molecule has 2 heterocycles. The highest BCUT2D eigenvalue weighted by atomic mass is 16.5. The first-order chi connectivity index (χ1) is 12.4. The zero-order valence-electron chi connectivity index (χ0n) is 15.4. The monoisotopic (exact) mass is 345 g/mol. The van der Waals surface area contributed by atoms with Gasteiger partial charge in [0, 0.05) is 53.1 Å². The quantitative estimate of drug-likeness (QED) is 0.489. The molecule has 5 heteroatoms. The Labute approximate surface area is 151 Å². The third-order valence-electron chi connectivity index (χ3n) is 5.08. The van der Waals surface area contributed by atoms with E-state index in [0.29, 0.717) is 5.92 Å². The summed E-state index contributed by atoms with van der Waals surface area (Å²) in [6.07, 6.45) is 4.38. The van der Waals surface area contributed by atoms with Crippen LogP contribution >= 0.6 is 0 Å². The van der Waals surface area contributed by atoms with Gasteiger partial charge in [-0.1, -0.05) is 24.3 Å². The molecular formula is C20H31N3O2. The van der Waals surface area contributed by atoms with Crippen LogP contribution in [0.15, 0.2) is 29.3 Å². The normalized spacial score (nSPS) is 18.9. The van der Waals surface area contributed by atoms with E-state index in [9.17, 15) is 0 Å². The highest BCUT2D eigenvalue weighted by Crippen LogP contribution is 2.18. The maximum Gasteiger partial charge on any atom is 0.193 e. The Hall–Kier alpha value is -1.59. The van der Waals surface area contributed by atoms with Crippen LogP contribution in [-0.4, -0.2) is 57.4 Å². The first-order valence-corrected chi connectivity index (χ1v) is 9.54. The molecule has 25 heavy (non-hydrogen) atoms. The number of hydrogen-bond acceptors (Lipinski definition) is 3. The summed E-state index contributed by atoms with van der Waals surface area (Å²) in [6.45, 7) is 6.34. The molecular weight excluding hydrogens is 314 g/mol. The number of rotatable bonds is 6. The molecule has 1 saturated heterocycles. The summed E-state index contributed by atoms with van der Waals surface area (Å²) in [5, 5.41) is 3.48. The zero-order chi connectivity index (χ0) is 17.3. The smallest absolute Gasteiger partial charge is 0.193 e. The topological polar surface area (TPSA) is 46.1 Å². The van der Waals surface area contributed by atoms with E-state index in [1.54, 1.807) is 0 Å². The van der Waals surface area contributed by atoms with Crippen LogP contribution < -0.4 is 5.32 Å². The molecule has 2 aliphatic rings. The molecule has 1 aromatic rings. The van der Waals surface area contributed by atoms with Crippen LogP contribution in [0.4, 0.5) is 0 Å². The molecule has 0 aromatic heterocycles. The van der Waals surface area contributed by atoms with Crippen LogP contribution in [-0.2, 0) is 22.4 Å². The molecule has 1 aromatic carbocycles. The molecule has 0 radical (unpaired) electrons. The Bertz CT molecular complexity index is 556. The highest BCUT2D eigenvalue weighted by molar-refractivity contribution is 5.80. The second-order valence-corrected chi connectivity index (χ2v) is 6.90. The lowest BCUT2D eigenvalue weighted by molar-refractivity contribution is 0.0203. The fourth-order valence-corrected chi connectivity index (χ4v) is 3.55. The minimum absolute atomic E-state index is 0.683. The lowest BCUT2D eigenvalue weighted by atomic mass is 10.0. The molecule has 0 amide bonds. The molecule has 5 nitrogen and oxygen atoms in total. The van der Waals surface area contributed by atoms with Gasteiger partial charge in [0.25, 0.3) is 0 Å². The first-order valence-electron chi connectivity index (χ1n) is 9.54. The molecule has 2 aliphatic heterocycles. The van der Waals surface area contributed by atoms with Crippen LogP contribution in [0.2, 0.25) is 0 Å². The predicted octanol–water partition coefficient (Wildman–Crippen LogP) is 2.45. The summed E-state index contributed by atoms with van der Waals surface area (Å²) in [7, 11) is 1.87. The zero-order valence-corrected chi connectivity index (χ0v) is 15.4. The number of fused-ring (bicyclic) bond motifs is 1. The van der Waals surface area contributed by atoms with E-state index in [0.717, 1.165) is 77.7 Å². The van der Waals surface area contributed by atoms with Gasteiger partial charge < -0.3 is 19.7 Å². The summed E-state index contributed by atoms with van der Waals surface area (Å²) >= 11 is 0. The molecule has 1 fully saturated rings. The van der Waals surface area contributed by atoms with Crippen molar-refractivity contribution in [2.75, 3.05) is 46.6 Å². The van der Waals surface area contributed by atoms with Gasteiger partial charge in [-0.25, -0.2) is 0 Å². The number of nitrogens with one attached hydrogen (secondary N) is 1. The Morgan fingerprint density at radius 2 is 2.08 bits per heavy atom. The summed E-state index contributed by atoms with van der Waals surface area (Å²) in [5.41, 5.74) is 2.88. The Morgan fingerprint density at radius 1 is 1.28 bits per heavy atom. The lowest BCUT2D eigenvalue weighted by Gasteiger charge is -2.31. The van der Waals surface area contributed by atoms with Crippen LogP contribution in [0, 0.1) is 5.92 Å². The summed E-state index contributed by atoms with van der Waals surface area (Å²) in [6, 6.07) is 8.70. The first kappa shape index (κ1) is 18.2. The number of benzene rings is 1. The molecule has 0 unspecified atom stereocenters. The summed E-state index contributed by atoms with van der Waals surface area (Å²) in [5.74, 6) is 1.68. The van der Waals surface area contributed by atoms with Crippen molar-refractivity contribution in [3.05, 3.63) is 35.4 Å². The molecule has 0 spiro atoms. The number of ether oxygens (including phenoxy) is 2. The van der Waals surface area contributed by atoms with E-state index in [1.165, 1.54) is 11.1 Å². The van der Waals surface area contributed by atoms with E-state index in [1.807, 2.05) is 7.05 Å². The van der Waals surface area contributed by atoms with Gasteiger partial charge in [-0.05, 0) is 42.7 Å². The Kier molecular flexibility index (Phi) is 7.12.